The van der Waals surface area contributed by atoms with E-state index in [2.05, 4.69) is 15.9 Å². The Hall–Kier alpha value is -2.57. The van der Waals surface area contributed by atoms with Gasteiger partial charge in [0.15, 0.2) is 5.78 Å². The summed E-state index contributed by atoms with van der Waals surface area (Å²) in [6.07, 6.45) is 9.81. The van der Waals surface area contributed by atoms with E-state index in [4.69, 9.17) is 13.7 Å². The van der Waals surface area contributed by atoms with E-state index >= 15 is 0 Å². The zero-order valence-corrected chi connectivity index (χ0v) is 28.5. The summed E-state index contributed by atoms with van der Waals surface area (Å²) in [5.74, 6) is -1.18. The average molecular weight is 721 g/mol. The molecule has 10 nitrogen and oxygen atoms in total. The standard InChI is InChI=1S/C34H42BrNO9S/c1-43-33(40)34-18-24(34)8-6-4-2-3-5-7-21(16-31(38)44-26-14-22-13-23(22)15-26)32(39)36-20-27(17-29(36)30(37)19-34)45-46(41,42)28-11-9-25(35)10-12-28/h6,8-12,21-24,26-27,29H,2-5,7,13-20H2,1H3/b8-6-/t21-,22-,23+,24-,26?,27+,29+,34-/m1/s1. The summed E-state index contributed by atoms with van der Waals surface area (Å²) in [4.78, 5) is 55.7. The molecular weight excluding hydrogens is 678 g/mol. The van der Waals surface area contributed by atoms with E-state index in [1.165, 1.54) is 30.6 Å². The minimum absolute atomic E-state index is 0.0414. The van der Waals surface area contributed by atoms with Gasteiger partial charge < -0.3 is 14.4 Å². The van der Waals surface area contributed by atoms with Crippen molar-refractivity contribution in [3.8, 4) is 0 Å². The zero-order chi connectivity index (χ0) is 32.6. The first-order valence-corrected chi connectivity index (χ1v) is 18.7. The van der Waals surface area contributed by atoms with E-state index in [0.717, 1.165) is 32.1 Å². The second-order valence-electron chi connectivity index (χ2n) is 13.8. The van der Waals surface area contributed by atoms with Crippen molar-refractivity contribution in [2.75, 3.05) is 13.7 Å². The number of esters is 2. The number of benzene rings is 1. The zero-order valence-electron chi connectivity index (χ0n) is 26.1. The predicted octanol–water partition coefficient (Wildman–Crippen LogP) is 5.13. The van der Waals surface area contributed by atoms with Crippen LogP contribution >= 0.6 is 15.9 Å². The molecule has 46 heavy (non-hydrogen) atoms. The van der Waals surface area contributed by atoms with E-state index in [1.807, 2.05) is 12.2 Å². The number of methoxy groups -OCH3 is 1. The molecule has 3 aliphatic carbocycles. The maximum atomic E-state index is 14.3. The number of hydrogen-bond donors (Lipinski definition) is 0. The second-order valence-corrected chi connectivity index (χ2v) is 16.3. The third-order valence-electron chi connectivity index (χ3n) is 10.6. The normalized spacial score (nSPS) is 35.2. The first kappa shape index (κ1) is 33.3. The van der Waals surface area contributed by atoms with Gasteiger partial charge in [-0.3, -0.25) is 23.4 Å². The molecule has 0 bridgehead atoms. The van der Waals surface area contributed by atoms with Crippen molar-refractivity contribution < 1.29 is 41.3 Å². The summed E-state index contributed by atoms with van der Waals surface area (Å²) in [7, 11) is -2.90. The lowest BCUT2D eigenvalue weighted by Crippen LogP contribution is -2.45. The van der Waals surface area contributed by atoms with Crippen LogP contribution in [-0.2, 0) is 43.0 Å². The number of nitrogens with zero attached hydrogens (tertiary/aromatic N) is 1. The number of carbonyl (C=O) groups is 4. The van der Waals surface area contributed by atoms with Gasteiger partial charge in [-0.1, -0.05) is 40.9 Å². The molecule has 3 saturated carbocycles. The summed E-state index contributed by atoms with van der Waals surface area (Å²) >= 11 is 3.30. The van der Waals surface area contributed by atoms with Crippen molar-refractivity contribution >= 4 is 49.7 Å². The maximum absolute atomic E-state index is 14.3. The van der Waals surface area contributed by atoms with Crippen molar-refractivity contribution in [1.82, 2.24) is 4.90 Å². The summed E-state index contributed by atoms with van der Waals surface area (Å²) < 4.78 is 43.6. The van der Waals surface area contributed by atoms with Gasteiger partial charge in [0.1, 0.15) is 6.10 Å². The second kappa shape index (κ2) is 13.5. The van der Waals surface area contributed by atoms with Gasteiger partial charge in [0.2, 0.25) is 5.91 Å². The Morgan fingerprint density at radius 2 is 1.74 bits per heavy atom. The van der Waals surface area contributed by atoms with Gasteiger partial charge in [0, 0.05) is 29.8 Å². The lowest BCUT2D eigenvalue weighted by molar-refractivity contribution is -0.155. The number of amides is 1. The fourth-order valence-electron chi connectivity index (χ4n) is 7.81. The van der Waals surface area contributed by atoms with Crippen LogP contribution < -0.4 is 0 Å². The maximum Gasteiger partial charge on any atom is 0.312 e. The molecule has 1 saturated heterocycles. The van der Waals surface area contributed by atoms with Gasteiger partial charge in [0.05, 0.1) is 36.0 Å². The van der Waals surface area contributed by atoms with E-state index in [-0.39, 0.29) is 54.4 Å². The molecule has 4 fully saturated rings. The lowest BCUT2D eigenvalue weighted by atomic mass is 9.91. The van der Waals surface area contributed by atoms with Gasteiger partial charge in [-0.25, -0.2) is 0 Å². The van der Waals surface area contributed by atoms with E-state index in [0.29, 0.717) is 35.6 Å². The number of allylic oxidation sites excluding steroid dienone is 2. The first-order chi connectivity index (χ1) is 22.0. The molecule has 12 heteroatoms. The monoisotopic (exact) mass is 719 g/mol. The van der Waals surface area contributed by atoms with Crippen LogP contribution in [0.4, 0.5) is 0 Å². The highest BCUT2D eigenvalue weighted by Crippen LogP contribution is 2.57. The molecular formula is C34H42BrNO9S. The number of carbonyl (C=O) groups excluding carboxylic acids is 4. The molecule has 8 atom stereocenters. The summed E-state index contributed by atoms with van der Waals surface area (Å²) in [5.41, 5.74) is -1.01. The topological polar surface area (TPSA) is 133 Å². The molecule has 1 amide bonds. The van der Waals surface area contributed by atoms with Crippen LogP contribution in [0.15, 0.2) is 45.8 Å². The molecule has 6 rings (SSSR count). The molecule has 0 aromatic heterocycles. The molecule has 2 heterocycles. The Morgan fingerprint density at radius 1 is 1.00 bits per heavy atom. The number of rotatable bonds is 7. The van der Waals surface area contributed by atoms with Crippen LogP contribution in [0.1, 0.15) is 77.0 Å². The Kier molecular flexibility index (Phi) is 9.79. The number of halogens is 1. The quantitative estimate of drug-likeness (QED) is 0.214. The average Bonchev–Trinajstić information content (AvgIpc) is 3.81. The fourth-order valence-corrected chi connectivity index (χ4v) is 9.15. The number of fused-ring (bicyclic) bond motifs is 3. The molecule has 1 aromatic rings. The Labute approximate surface area is 278 Å². The van der Waals surface area contributed by atoms with Crippen LogP contribution in [0.3, 0.4) is 0 Å². The van der Waals surface area contributed by atoms with E-state index in [1.54, 1.807) is 12.1 Å². The van der Waals surface area contributed by atoms with Gasteiger partial charge in [0.25, 0.3) is 10.1 Å². The molecule has 0 spiro atoms. The van der Waals surface area contributed by atoms with Crippen molar-refractivity contribution in [2.24, 2.45) is 29.1 Å². The molecule has 0 radical (unpaired) electrons. The number of ketones is 1. The smallest absolute Gasteiger partial charge is 0.312 e. The Bertz CT molecular complexity index is 1480. The minimum Gasteiger partial charge on any atom is -0.469 e. The van der Waals surface area contributed by atoms with Gasteiger partial charge in [-0.2, -0.15) is 8.42 Å². The van der Waals surface area contributed by atoms with Crippen LogP contribution in [0.5, 0.6) is 0 Å². The molecule has 250 valence electrons. The van der Waals surface area contributed by atoms with Crippen molar-refractivity contribution in [3.05, 3.63) is 40.9 Å². The largest absolute Gasteiger partial charge is 0.469 e. The molecule has 1 aromatic carbocycles. The van der Waals surface area contributed by atoms with Crippen molar-refractivity contribution in [1.29, 1.82) is 0 Å². The van der Waals surface area contributed by atoms with Crippen LogP contribution in [0.25, 0.3) is 0 Å². The minimum atomic E-state index is -4.20. The molecule has 1 unspecified atom stereocenters. The SMILES string of the molecule is COC(=O)[C@]12CC(=O)[C@@H]3C[C@H](OS(=O)(=O)c4ccc(Br)cc4)CN3C(=O)[C@@H](CC(=O)OC3C[C@@H]4C[C@@H]4C3)CCCCC/C=C\[C@@H]1C2. The summed E-state index contributed by atoms with van der Waals surface area (Å²) in [6, 6.07) is 5.01. The number of Topliss-reactive ketones (excluding diaryl/α,β-unsaturated/α-hetero) is 1. The lowest BCUT2D eigenvalue weighted by Gasteiger charge is -2.29. The number of ether oxygens (including phenoxy) is 2. The molecule has 5 aliphatic rings. The summed E-state index contributed by atoms with van der Waals surface area (Å²) in [6.45, 7) is -0.128. The molecule has 2 aliphatic heterocycles. The predicted molar refractivity (Wildman–Crippen MR) is 170 cm³/mol. The fraction of sp³-hybridized carbons (Fsp3) is 0.647. The highest BCUT2D eigenvalue weighted by atomic mass is 79.9. The third-order valence-corrected chi connectivity index (χ3v) is 12.5. The highest BCUT2D eigenvalue weighted by Gasteiger charge is 2.61. The van der Waals surface area contributed by atoms with E-state index in [9.17, 15) is 27.6 Å². The van der Waals surface area contributed by atoms with E-state index < -0.39 is 45.5 Å². The van der Waals surface area contributed by atoms with Gasteiger partial charge in [-0.05, 0) is 87.0 Å². The van der Waals surface area contributed by atoms with Crippen LogP contribution in [-0.4, -0.2) is 68.9 Å². The number of hydrogen-bond acceptors (Lipinski definition) is 9. The summed E-state index contributed by atoms with van der Waals surface area (Å²) in [5, 5.41) is 0. The highest BCUT2D eigenvalue weighted by molar-refractivity contribution is 9.10. The van der Waals surface area contributed by atoms with Gasteiger partial charge >= 0.3 is 11.9 Å². The van der Waals surface area contributed by atoms with Crippen LogP contribution in [0, 0.1) is 29.1 Å². The molecule has 0 N–H and O–H groups in total. The Balaban J connectivity index is 1.24. The Morgan fingerprint density at radius 3 is 2.46 bits per heavy atom. The van der Waals surface area contributed by atoms with Crippen molar-refractivity contribution in [3.63, 3.8) is 0 Å². The first-order valence-electron chi connectivity index (χ1n) is 16.5. The van der Waals surface area contributed by atoms with Gasteiger partial charge in [-0.15, -0.1) is 0 Å². The van der Waals surface area contributed by atoms with Crippen molar-refractivity contribution in [2.45, 2.75) is 100 Å². The third kappa shape index (κ3) is 7.28. The van der Waals surface area contributed by atoms with Crippen LogP contribution in [0.2, 0.25) is 0 Å².